The summed E-state index contributed by atoms with van der Waals surface area (Å²) >= 11 is 1.14. The molecule has 33 heavy (non-hydrogen) atoms. The van der Waals surface area contributed by atoms with Crippen LogP contribution in [0.5, 0.6) is 0 Å². The minimum absolute atomic E-state index is 0.0959. The third-order valence-electron chi connectivity index (χ3n) is 5.22. The van der Waals surface area contributed by atoms with Gasteiger partial charge in [0, 0.05) is 24.3 Å². The SMILES string of the molecule is CCN(CC)S(=O)(=O)c1cccc(-c2nnc(SCC(=O)Nc3ccc(C)c(C)c3)n2N)c1. The number of benzene rings is 2. The van der Waals surface area contributed by atoms with Gasteiger partial charge in [0.2, 0.25) is 21.1 Å². The van der Waals surface area contributed by atoms with Crippen LogP contribution in [0.4, 0.5) is 5.69 Å². The summed E-state index contributed by atoms with van der Waals surface area (Å²) in [5.74, 6) is 6.37. The molecule has 0 aliphatic heterocycles. The van der Waals surface area contributed by atoms with Gasteiger partial charge in [0.25, 0.3) is 0 Å². The van der Waals surface area contributed by atoms with Crippen LogP contribution in [0, 0.1) is 13.8 Å². The second kappa shape index (κ2) is 10.4. The first-order valence-corrected chi connectivity index (χ1v) is 12.9. The zero-order chi connectivity index (χ0) is 24.2. The van der Waals surface area contributed by atoms with E-state index in [1.807, 2.05) is 32.0 Å². The van der Waals surface area contributed by atoms with Crippen LogP contribution in [0.2, 0.25) is 0 Å². The molecular weight excluding hydrogens is 460 g/mol. The predicted octanol–water partition coefficient (Wildman–Crippen LogP) is 3.04. The standard InChI is InChI=1S/C22H28N6O3S2/c1-5-27(6-2)33(30,31)19-9-7-8-17(13-19)21-25-26-22(28(21)23)32-14-20(29)24-18-11-10-15(3)16(4)12-18/h7-13H,5-6,14,23H2,1-4H3,(H,24,29). The molecule has 0 bridgehead atoms. The normalized spacial score (nSPS) is 11.7. The van der Waals surface area contributed by atoms with Crippen molar-refractivity contribution in [3.8, 4) is 11.4 Å². The molecule has 176 valence electrons. The van der Waals surface area contributed by atoms with E-state index in [0.29, 0.717) is 29.6 Å². The van der Waals surface area contributed by atoms with Gasteiger partial charge in [-0.05, 0) is 49.2 Å². The first kappa shape index (κ1) is 24.7. The first-order valence-electron chi connectivity index (χ1n) is 10.5. The minimum atomic E-state index is -3.62. The number of carbonyl (C=O) groups excluding carboxylic acids is 1. The van der Waals surface area contributed by atoms with Gasteiger partial charge < -0.3 is 11.2 Å². The van der Waals surface area contributed by atoms with Crippen LogP contribution in [-0.4, -0.2) is 52.3 Å². The number of aromatic nitrogens is 3. The summed E-state index contributed by atoms with van der Waals surface area (Å²) in [5, 5.41) is 11.4. The van der Waals surface area contributed by atoms with E-state index in [-0.39, 0.29) is 16.6 Å². The van der Waals surface area contributed by atoms with E-state index in [1.54, 1.807) is 32.0 Å². The van der Waals surface area contributed by atoms with E-state index in [0.717, 1.165) is 28.6 Å². The summed E-state index contributed by atoms with van der Waals surface area (Å²) < 4.78 is 28.3. The summed E-state index contributed by atoms with van der Waals surface area (Å²) in [7, 11) is -3.62. The monoisotopic (exact) mass is 488 g/mol. The van der Waals surface area contributed by atoms with Crippen LogP contribution >= 0.6 is 11.8 Å². The zero-order valence-electron chi connectivity index (χ0n) is 19.1. The number of nitrogens with two attached hydrogens (primary N) is 1. The molecule has 9 nitrogen and oxygen atoms in total. The van der Waals surface area contributed by atoms with Gasteiger partial charge >= 0.3 is 0 Å². The second-order valence-electron chi connectivity index (χ2n) is 7.43. The van der Waals surface area contributed by atoms with E-state index in [2.05, 4.69) is 15.5 Å². The largest absolute Gasteiger partial charge is 0.335 e. The molecule has 3 aromatic rings. The van der Waals surface area contributed by atoms with Crippen LogP contribution in [0.25, 0.3) is 11.4 Å². The highest BCUT2D eigenvalue weighted by Crippen LogP contribution is 2.25. The molecular formula is C22H28N6O3S2. The third kappa shape index (κ3) is 5.55. The topological polar surface area (TPSA) is 123 Å². The van der Waals surface area contributed by atoms with Crippen LogP contribution < -0.4 is 11.2 Å². The molecule has 0 aliphatic rings. The molecule has 0 saturated heterocycles. The fourth-order valence-electron chi connectivity index (χ4n) is 3.23. The van der Waals surface area contributed by atoms with Gasteiger partial charge in [0.15, 0.2) is 5.82 Å². The first-order chi connectivity index (χ1) is 15.7. The maximum atomic E-state index is 12.8. The number of amides is 1. The van der Waals surface area contributed by atoms with Crippen molar-refractivity contribution < 1.29 is 13.2 Å². The number of thioether (sulfide) groups is 1. The molecule has 2 aromatic carbocycles. The molecule has 3 rings (SSSR count). The smallest absolute Gasteiger partial charge is 0.243 e. The Balaban J connectivity index is 1.73. The van der Waals surface area contributed by atoms with E-state index >= 15 is 0 Å². The maximum Gasteiger partial charge on any atom is 0.243 e. The molecule has 1 aromatic heterocycles. The average Bonchev–Trinajstić information content (AvgIpc) is 3.16. The second-order valence-corrected chi connectivity index (χ2v) is 10.3. The van der Waals surface area contributed by atoms with Gasteiger partial charge in [-0.3, -0.25) is 4.79 Å². The van der Waals surface area contributed by atoms with Gasteiger partial charge in [-0.1, -0.05) is 43.8 Å². The number of hydrogen-bond donors (Lipinski definition) is 2. The number of anilines is 1. The summed E-state index contributed by atoms with van der Waals surface area (Å²) in [6, 6.07) is 12.2. The average molecular weight is 489 g/mol. The van der Waals surface area contributed by atoms with Gasteiger partial charge in [0.1, 0.15) is 0 Å². The Morgan fingerprint density at radius 3 is 2.48 bits per heavy atom. The Kier molecular flexibility index (Phi) is 7.77. The Labute approximate surface area is 198 Å². The Morgan fingerprint density at radius 2 is 1.82 bits per heavy atom. The van der Waals surface area contributed by atoms with Crippen LogP contribution in [0.3, 0.4) is 0 Å². The highest BCUT2D eigenvalue weighted by Gasteiger charge is 2.23. The lowest BCUT2D eigenvalue weighted by molar-refractivity contribution is -0.113. The van der Waals surface area contributed by atoms with E-state index < -0.39 is 10.0 Å². The maximum absolute atomic E-state index is 12.8. The molecule has 0 unspecified atom stereocenters. The summed E-state index contributed by atoms with van der Waals surface area (Å²) in [6.45, 7) is 8.34. The highest BCUT2D eigenvalue weighted by molar-refractivity contribution is 7.99. The molecule has 1 amide bonds. The highest BCUT2D eigenvalue weighted by atomic mass is 32.2. The molecule has 1 heterocycles. The van der Waals surface area contributed by atoms with Crippen molar-refractivity contribution in [3.63, 3.8) is 0 Å². The Morgan fingerprint density at radius 1 is 1.09 bits per heavy atom. The van der Waals surface area contributed by atoms with Crippen molar-refractivity contribution >= 4 is 33.4 Å². The van der Waals surface area contributed by atoms with E-state index in [4.69, 9.17) is 5.84 Å². The molecule has 0 fully saturated rings. The van der Waals surface area contributed by atoms with Gasteiger partial charge in [-0.25, -0.2) is 13.1 Å². The van der Waals surface area contributed by atoms with Crippen molar-refractivity contribution in [2.75, 3.05) is 30.0 Å². The molecule has 3 N–H and O–H groups in total. The van der Waals surface area contributed by atoms with Gasteiger partial charge in [0.05, 0.1) is 10.6 Å². The molecule has 0 atom stereocenters. The van der Waals surface area contributed by atoms with Crippen molar-refractivity contribution in [3.05, 3.63) is 53.6 Å². The molecule has 0 spiro atoms. The summed E-state index contributed by atoms with van der Waals surface area (Å²) in [4.78, 5) is 12.5. The molecule has 11 heteroatoms. The number of hydrogen-bond acceptors (Lipinski definition) is 7. The number of aryl methyl sites for hydroxylation is 2. The zero-order valence-corrected chi connectivity index (χ0v) is 20.7. The number of nitrogen functional groups attached to an aromatic ring is 1. The van der Waals surface area contributed by atoms with Crippen LogP contribution in [0.1, 0.15) is 25.0 Å². The van der Waals surface area contributed by atoms with E-state index in [9.17, 15) is 13.2 Å². The lowest BCUT2D eigenvalue weighted by Gasteiger charge is -2.18. The Bertz CT molecular complexity index is 1250. The quantitative estimate of drug-likeness (QED) is 0.350. The third-order valence-corrected chi connectivity index (χ3v) is 8.21. The van der Waals surface area contributed by atoms with Crippen molar-refractivity contribution in [2.24, 2.45) is 0 Å². The number of rotatable bonds is 9. The van der Waals surface area contributed by atoms with Gasteiger partial charge in [-0.2, -0.15) is 4.31 Å². The van der Waals surface area contributed by atoms with Crippen LogP contribution in [0.15, 0.2) is 52.5 Å². The predicted molar refractivity (Wildman–Crippen MR) is 131 cm³/mol. The lowest BCUT2D eigenvalue weighted by Crippen LogP contribution is -2.30. The van der Waals surface area contributed by atoms with Gasteiger partial charge in [-0.15, -0.1) is 10.2 Å². The van der Waals surface area contributed by atoms with Crippen molar-refractivity contribution in [2.45, 2.75) is 37.7 Å². The summed E-state index contributed by atoms with van der Waals surface area (Å²) in [5.41, 5.74) is 3.49. The van der Waals surface area contributed by atoms with E-state index in [1.165, 1.54) is 15.0 Å². The number of sulfonamides is 1. The lowest BCUT2D eigenvalue weighted by atomic mass is 10.1. The molecule has 0 radical (unpaired) electrons. The molecule has 0 saturated carbocycles. The van der Waals surface area contributed by atoms with Crippen molar-refractivity contribution in [1.29, 1.82) is 0 Å². The number of nitrogens with one attached hydrogen (secondary N) is 1. The fraction of sp³-hybridized carbons (Fsp3) is 0.318. The number of nitrogens with zero attached hydrogens (tertiary/aromatic N) is 4. The minimum Gasteiger partial charge on any atom is -0.335 e. The molecule has 0 aliphatic carbocycles. The van der Waals surface area contributed by atoms with Crippen molar-refractivity contribution in [1.82, 2.24) is 19.2 Å². The summed E-state index contributed by atoms with van der Waals surface area (Å²) in [6.07, 6.45) is 0. The fourth-order valence-corrected chi connectivity index (χ4v) is 5.39. The Hall–Kier alpha value is -2.89. The number of carbonyl (C=O) groups is 1. The van der Waals surface area contributed by atoms with Crippen LogP contribution in [-0.2, 0) is 14.8 Å².